The van der Waals surface area contributed by atoms with Crippen molar-refractivity contribution in [3.63, 3.8) is 0 Å². The van der Waals surface area contributed by atoms with Crippen LogP contribution in [0.2, 0.25) is 5.02 Å². The summed E-state index contributed by atoms with van der Waals surface area (Å²) in [6, 6.07) is 9.51. The highest BCUT2D eigenvalue weighted by Crippen LogP contribution is 2.38. The van der Waals surface area contributed by atoms with Gasteiger partial charge in [-0.2, -0.15) is 0 Å². The number of aromatic nitrogens is 4. The fourth-order valence-electron chi connectivity index (χ4n) is 2.31. The maximum Gasteiger partial charge on any atom is 0.228 e. The van der Waals surface area contributed by atoms with Gasteiger partial charge < -0.3 is 4.42 Å². The Bertz CT molecular complexity index is 1070. The van der Waals surface area contributed by atoms with Gasteiger partial charge in [-0.3, -0.25) is 0 Å². The molecule has 0 radical (unpaired) electrons. The summed E-state index contributed by atoms with van der Waals surface area (Å²) in [5, 5.41) is 1.79. The number of nitrogens with zero attached hydrogens (tertiary/aromatic N) is 4. The van der Waals surface area contributed by atoms with Crippen molar-refractivity contribution in [3.8, 4) is 22.7 Å². The van der Waals surface area contributed by atoms with Crippen molar-refractivity contribution in [1.29, 1.82) is 0 Å². The van der Waals surface area contributed by atoms with E-state index in [-0.39, 0.29) is 5.82 Å². The average molecular weight is 399 g/mol. The molecule has 0 aliphatic rings. The molecule has 0 aliphatic carbocycles. The first-order chi connectivity index (χ1) is 13.1. The van der Waals surface area contributed by atoms with Gasteiger partial charge in [0.05, 0.1) is 5.02 Å². The highest BCUT2D eigenvalue weighted by molar-refractivity contribution is 7.99. The first kappa shape index (κ1) is 17.6. The highest BCUT2D eigenvalue weighted by atomic mass is 35.5. The summed E-state index contributed by atoms with van der Waals surface area (Å²) < 4.78 is 19.2. The second-order valence-electron chi connectivity index (χ2n) is 5.60. The molecule has 27 heavy (non-hydrogen) atoms. The summed E-state index contributed by atoms with van der Waals surface area (Å²) in [6.45, 7) is 1.81. The van der Waals surface area contributed by atoms with E-state index in [4.69, 9.17) is 16.0 Å². The second-order valence-corrected chi connectivity index (χ2v) is 7.03. The zero-order valence-electron chi connectivity index (χ0n) is 14.1. The van der Waals surface area contributed by atoms with Gasteiger partial charge >= 0.3 is 0 Å². The van der Waals surface area contributed by atoms with Gasteiger partial charge in [0.25, 0.3) is 0 Å². The van der Waals surface area contributed by atoms with Crippen LogP contribution in [0.3, 0.4) is 0 Å². The maximum atomic E-state index is 13.2. The van der Waals surface area contributed by atoms with Crippen LogP contribution < -0.4 is 0 Å². The number of benzene rings is 1. The molecule has 0 spiro atoms. The van der Waals surface area contributed by atoms with Crippen molar-refractivity contribution < 1.29 is 8.81 Å². The number of pyridine rings is 1. The first-order valence-electron chi connectivity index (χ1n) is 7.94. The van der Waals surface area contributed by atoms with Crippen LogP contribution in [-0.2, 0) is 0 Å². The Balaban J connectivity index is 1.77. The molecule has 0 fully saturated rings. The summed E-state index contributed by atoms with van der Waals surface area (Å²) in [5.74, 6) is 0.717. The molecular weight excluding hydrogens is 387 g/mol. The lowest BCUT2D eigenvalue weighted by atomic mass is 10.2. The van der Waals surface area contributed by atoms with Gasteiger partial charge in [-0.15, -0.1) is 0 Å². The SMILES string of the molecule is Cc1ncc(-c2nc(-c3ccc(F)cc3)oc2Sc2ccc(Cl)cn2)cn1. The standard InChI is InChI=1S/C19H12ClFN4OS/c1-11-22-8-13(9-23-11)17-19(27-16-7-4-14(20)10-24-16)26-18(25-17)12-2-5-15(21)6-3-12/h2-10H,1H3. The van der Waals surface area contributed by atoms with Gasteiger partial charge in [0.2, 0.25) is 5.89 Å². The van der Waals surface area contributed by atoms with Crippen LogP contribution in [0, 0.1) is 12.7 Å². The van der Waals surface area contributed by atoms with Crippen LogP contribution in [-0.4, -0.2) is 19.9 Å². The molecule has 3 aromatic heterocycles. The van der Waals surface area contributed by atoms with Gasteiger partial charge in [0.1, 0.15) is 22.4 Å². The molecule has 4 aromatic rings. The minimum atomic E-state index is -0.322. The number of aryl methyl sites for hydroxylation is 1. The average Bonchev–Trinajstić information content (AvgIpc) is 3.08. The Labute approximate surface area is 163 Å². The smallest absolute Gasteiger partial charge is 0.228 e. The summed E-state index contributed by atoms with van der Waals surface area (Å²) in [7, 11) is 0. The zero-order chi connectivity index (χ0) is 18.8. The van der Waals surface area contributed by atoms with Crippen molar-refractivity contribution in [1.82, 2.24) is 19.9 Å². The van der Waals surface area contributed by atoms with E-state index >= 15 is 0 Å². The Hall–Kier alpha value is -2.77. The Morgan fingerprint density at radius 1 is 0.926 bits per heavy atom. The summed E-state index contributed by atoms with van der Waals surface area (Å²) >= 11 is 7.21. The molecule has 3 heterocycles. The molecule has 134 valence electrons. The topological polar surface area (TPSA) is 64.7 Å². The highest BCUT2D eigenvalue weighted by Gasteiger charge is 2.19. The monoisotopic (exact) mass is 398 g/mol. The van der Waals surface area contributed by atoms with E-state index in [0.29, 0.717) is 43.7 Å². The quantitative estimate of drug-likeness (QED) is 0.455. The molecule has 0 amide bonds. The molecule has 1 aromatic carbocycles. The molecule has 0 unspecified atom stereocenters. The largest absolute Gasteiger partial charge is 0.429 e. The number of oxazole rings is 1. The van der Waals surface area contributed by atoms with Crippen LogP contribution in [0.1, 0.15) is 5.82 Å². The maximum absolute atomic E-state index is 13.2. The van der Waals surface area contributed by atoms with E-state index in [0.717, 1.165) is 0 Å². The Morgan fingerprint density at radius 3 is 2.33 bits per heavy atom. The van der Waals surface area contributed by atoms with Crippen LogP contribution >= 0.6 is 23.4 Å². The van der Waals surface area contributed by atoms with Gasteiger partial charge in [-0.1, -0.05) is 11.6 Å². The van der Waals surface area contributed by atoms with Gasteiger partial charge in [0.15, 0.2) is 5.09 Å². The molecule has 0 aliphatic heterocycles. The third-order valence-electron chi connectivity index (χ3n) is 3.64. The lowest BCUT2D eigenvalue weighted by Crippen LogP contribution is -1.89. The van der Waals surface area contributed by atoms with E-state index in [1.807, 2.05) is 6.92 Å². The fraction of sp³-hybridized carbons (Fsp3) is 0.0526. The Kier molecular flexibility index (Phi) is 4.87. The normalized spacial score (nSPS) is 10.9. The molecular formula is C19H12ClFN4OS. The van der Waals surface area contributed by atoms with E-state index in [1.54, 1.807) is 42.9 Å². The number of rotatable bonds is 4. The van der Waals surface area contributed by atoms with Crippen LogP contribution in [0.5, 0.6) is 0 Å². The number of hydrogen-bond acceptors (Lipinski definition) is 6. The molecule has 8 heteroatoms. The van der Waals surface area contributed by atoms with Crippen molar-refractivity contribution >= 4 is 23.4 Å². The van der Waals surface area contributed by atoms with Crippen molar-refractivity contribution in [2.24, 2.45) is 0 Å². The van der Waals surface area contributed by atoms with E-state index in [2.05, 4.69) is 19.9 Å². The summed E-state index contributed by atoms with van der Waals surface area (Å²) in [6.07, 6.45) is 4.94. The van der Waals surface area contributed by atoms with Gasteiger partial charge in [-0.25, -0.2) is 24.3 Å². The molecule has 0 saturated carbocycles. The summed E-state index contributed by atoms with van der Waals surface area (Å²) in [5.41, 5.74) is 1.98. The van der Waals surface area contributed by atoms with E-state index < -0.39 is 0 Å². The molecule has 0 bridgehead atoms. The first-order valence-corrected chi connectivity index (χ1v) is 9.13. The van der Waals surface area contributed by atoms with Crippen LogP contribution in [0.25, 0.3) is 22.7 Å². The molecule has 4 rings (SSSR count). The zero-order valence-corrected chi connectivity index (χ0v) is 15.6. The van der Waals surface area contributed by atoms with Crippen LogP contribution in [0.15, 0.2) is 69.5 Å². The van der Waals surface area contributed by atoms with Crippen molar-refractivity contribution in [2.45, 2.75) is 17.0 Å². The molecule has 0 atom stereocenters. The van der Waals surface area contributed by atoms with E-state index in [9.17, 15) is 4.39 Å². The lowest BCUT2D eigenvalue weighted by Gasteiger charge is -2.01. The minimum Gasteiger partial charge on any atom is -0.429 e. The molecule has 0 saturated heterocycles. The number of halogens is 2. The summed E-state index contributed by atoms with van der Waals surface area (Å²) in [4.78, 5) is 17.3. The predicted octanol–water partition coefficient (Wildman–Crippen LogP) is 5.45. The Morgan fingerprint density at radius 2 is 1.67 bits per heavy atom. The molecule has 5 nitrogen and oxygen atoms in total. The third-order valence-corrected chi connectivity index (χ3v) is 4.78. The van der Waals surface area contributed by atoms with Crippen LogP contribution in [0.4, 0.5) is 4.39 Å². The fourth-order valence-corrected chi connectivity index (χ4v) is 3.23. The van der Waals surface area contributed by atoms with Gasteiger partial charge in [-0.05, 0) is 55.1 Å². The minimum absolute atomic E-state index is 0.322. The van der Waals surface area contributed by atoms with Gasteiger partial charge in [0, 0.05) is 29.7 Å². The van der Waals surface area contributed by atoms with Crippen molar-refractivity contribution in [3.05, 3.63) is 71.7 Å². The number of hydrogen-bond donors (Lipinski definition) is 0. The van der Waals surface area contributed by atoms with E-state index in [1.165, 1.54) is 23.9 Å². The lowest BCUT2D eigenvalue weighted by molar-refractivity contribution is 0.485. The predicted molar refractivity (Wildman–Crippen MR) is 101 cm³/mol. The second kappa shape index (κ2) is 7.46. The van der Waals surface area contributed by atoms with Crippen molar-refractivity contribution in [2.75, 3.05) is 0 Å². The molecule has 0 N–H and O–H groups in total. The third kappa shape index (κ3) is 3.99.